The zero-order chi connectivity index (χ0) is 14.0. The summed E-state index contributed by atoms with van der Waals surface area (Å²) >= 11 is 0. The molecule has 0 aromatic heterocycles. The number of nitrogens with one attached hydrogen (secondary N) is 1. The summed E-state index contributed by atoms with van der Waals surface area (Å²) < 4.78 is 40.1. The fourth-order valence-electron chi connectivity index (χ4n) is 2.34. The molecule has 0 aliphatic carbocycles. The van der Waals surface area contributed by atoms with Gasteiger partial charge in [0.2, 0.25) is 10.0 Å². The minimum absolute atomic E-state index is 0.136. The molecule has 1 aromatic rings. The van der Waals surface area contributed by atoms with Crippen LogP contribution in [0.3, 0.4) is 0 Å². The van der Waals surface area contributed by atoms with Gasteiger partial charge in [-0.25, -0.2) is 12.8 Å². The number of rotatable bonds is 3. The number of sulfonamides is 1. The topological polar surface area (TPSA) is 49.4 Å². The van der Waals surface area contributed by atoms with Gasteiger partial charge in [0.05, 0.1) is 0 Å². The minimum atomic E-state index is -3.74. The van der Waals surface area contributed by atoms with E-state index in [0.717, 1.165) is 18.4 Å². The van der Waals surface area contributed by atoms with Crippen molar-refractivity contribution in [1.82, 2.24) is 9.62 Å². The summed E-state index contributed by atoms with van der Waals surface area (Å²) in [6.45, 7) is 2.60. The van der Waals surface area contributed by atoms with E-state index in [1.807, 2.05) is 7.05 Å². The van der Waals surface area contributed by atoms with Gasteiger partial charge in [-0.3, -0.25) is 0 Å². The molecule has 1 heterocycles. The highest BCUT2D eigenvalue weighted by atomic mass is 32.2. The lowest BCUT2D eigenvalue weighted by molar-refractivity contribution is 0.292. The van der Waals surface area contributed by atoms with Gasteiger partial charge in [0.15, 0.2) is 0 Å². The third kappa shape index (κ3) is 2.96. The Morgan fingerprint density at radius 2 is 2.16 bits per heavy atom. The van der Waals surface area contributed by atoms with E-state index in [2.05, 4.69) is 5.32 Å². The second-order valence-corrected chi connectivity index (χ2v) is 6.83. The summed E-state index contributed by atoms with van der Waals surface area (Å²) in [5.74, 6) is -0.683. The Morgan fingerprint density at radius 1 is 1.42 bits per heavy atom. The van der Waals surface area contributed by atoms with Crippen LogP contribution in [0.4, 0.5) is 4.39 Å². The summed E-state index contributed by atoms with van der Waals surface area (Å²) in [7, 11) is -1.93. The molecule has 1 saturated heterocycles. The zero-order valence-electron chi connectivity index (χ0n) is 11.2. The first-order valence-corrected chi connectivity index (χ1v) is 7.82. The molecule has 1 aromatic carbocycles. The van der Waals surface area contributed by atoms with Gasteiger partial charge in [-0.2, -0.15) is 4.31 Å². The zero-order valence-corrected chi connectivity index (χ0v) is 12.0. The molecule has 1 aliphatic rings. The largest absolute Gasteiger partial charge is 0.316 e. The van der Waals surface area contributed by atoms with Crippen molar-refractivity contribution in [3.05, 3.63) is 29.6 Å². The lowest BCUT2D eigenvalue weighted by Gasteiger charge is -2.31. The third-order valence-electron chi connectivity index (χ3n) is 3.50. The fraction of sp³-hybridized carbons (Fsp3) is 0.538. The number of hydrogen-bond donors (Lipinski definition) is 1. The van der Waals surface area contributed by atoms with Crippen molar-refractivity contribution in [3.8, 4) is 0 Å². The first kappa shape index (κ1) is 14.4. The molecule has 2 rings (SSSR count). The van der Waals surface area contributed by atoms with Gasteiger partial charge < -0.3 is 5.32 Å². The Morgan fingerprint density at radius 3 is 2.84 bits per heavy atom. The summed E-state index contributed by atoms with van der Waals surface area (Å²) in [5, 5.41) is 3.08. The van der Waals surface area contributed by atoms with Gasteiger partial charge in [0.1, 0.15) is 10.7 Å². The number of hydrogen-bond acceptors (Lipinski definition) is 3. The number of likely N-dealkylation sites (N-methyl/N-ethyl adjacent to an activating group) is 1. The van der Waals surface area contributed by atoms with E-state index in [-0.39, 0.29) is 10.9 Å². The van der Waals surface area contributed by atoms with Gasteiger partial charge >= 0.3 is 0 Å². The highest BCUT2D eigenvalue weighted by Gasteiger charge is 2.31. The minimum Gasteiger partial charge on any atom is -0.316 e. The molecule has 1 N–H and O–H groups in total. The molecule has 0 bridgehead atoms. The van der Waals surface area contributed by atoms with Crippen molar-refractivity contribution in [2.45, 2.75) is 30.7 Å². The molecule has 19 heavy (non-hydrogen) atoms. The number of halogens is 1. The highest BCUT2D eigenvalue weighted by Crippen LogP contribution is 2.23. The van der Waals surface area contributed by atoms with Crippen LogP contribution in [0, 0.1) is 12.7 Å². The van der Waals surface area contributed by atoms with E-state index in [9.17, 15) is 12.8 Å². The van der Waals surface area contributed by atoms with E-state index < -0.39 is 15.8 Å². The lowest BCUT2D eigenvalue weighted by atomic mass is 10.1. The summed E-state index contributed by atoms with van der Waals surface area (Å²) in [5.41, 5.74) is 0.738. The summed E-state index contributed by atoms with van der Waals surface area (Å²) in [6, 6.07) is 4.31. The van der Waals surface area contributed by atoms with Crippen LogP contribution in [0.25, 0.3) is 0 Å². The fourth-order valence-corrected chi connectivity index (χ4v) is 4.02. The number of benzene rings is 1. The van der Waals surface area contributed by atoms with Crippen LogP contribution in [-0.4, -0.2) is 38.9 Å². The highest BCUT2D eigenvalue weighted by molar-refractivity contribution is 7.89. The van der Waals surface area contributed by atoms with Crippen LogP contribution >= 0.6 is 0 Å². The number of piperidine rings is 1. The predicted octanol–water partition coefficient (Wildman–Crippen LogP) is 1.51. The molecule has 0 saturated carbocycles. The van der Waals surface area contributed by atoms with Crippen molar-refractivity contribution >= 4 is 10.0 Å². The Bertz CT molecular complexity index is 560. The Hall–Kier alpha value is -0.980. The van der Waals surface area contributed by atoms with Crippen molar-refractivity contribution in [1.29, 1.82) is 0 Å². The molecule has 4 nitrogen and oxygen atoms in total. The van der Waals surface area contributed by atoms with E-state index >= 15 is 0 Å². The molecular weight excluding hydrogens is 267 g/mol. The van der Waals surface area contributed by atoms with Crippen molar-refractivity contribution in [2.24, 2.45) is 0 Å². The maximum absolute atomic E-state index is 13.8. The van der Waals surface area contributed by atoms with Gasteiger partial charge in [-0.05, 0) is 44.5 Å². The normalized spacial score (nSPS) is 21.5. The Kier molecular flexibility index (Phi) is 4.23. The molecule has 1 atom stereocenters. The van der Waals surface area contributed by atoms with Crippen molar-refractivity contribution in [2.75, 3.05) is 20.1 Å². The third-order valence-corrected chi connectivity index (χ3v) is 5.38. The molecule has 106 valence electrons. The molecule has 6 heteroatoms. The molecule has 1 fully saturated rings. The molecule has 1 unspecified atom stereocenters. The lowest BCUT2D eigenvalue weighted by Crippen LogP contribution is -2.47. The summed E-state index contributed by atoms with van der Waals surface area (Å²) in [4.78, 5) is -0.218. The predicted molar refractivity (Wildman–Crippen MR) is 72.0 cm³/mol. The standard InChI is InChI=1S/C13H19FN2O2S/c1-10-5-6-12(14)13(8-10)19(17,18)16-7-3-4-11(9-16)15-2/h5-6,8,11,15H,3-4,7,9H2,1-2H3. The second kappa shape index (κ2) is 5.56. The molecule has 0 amide bonds. The van der Waals surface area contributed by atoms with E-state index in [0.29, 0.717) is 13.1 Å². The quantitative estimate of drug-likeness (QED) is 0.916. The van der Waals surface area contributed by atoms with Crippen LogP contribution in [-0.2, 0) is 10.0 Å². The van der Waals surface area contributed by atoms with Gasteiger partial charge in [0, 0.05) is 19.1 Å². The van der Waals surface area contributed by atoms with Crippen LogP contribution in [0.15, 0.2) is 23.1 Å². The first-order valence-electron chi connectivity index (χ1n) is 6.38. The monoisotopic (exact) mass is 286 g/mol. The average Bonchev–Trinajstić information content (AvgIpc) is 2.41. The van der Waals surface area contributed by atoms with Crippen LogP contribution < -0.4 is 5.32 Å². The summed E-state index contributed by atoms with van der Waals surface area (Å²) in [6.07, 6.45) is 1.73. The second-order valence-electron chi connectivity index (χ2n) is 4.92. The van der Waals surface area contributed by atoms with Crippen LogP contribution in [0.2, 0.25) is 0 Å². The van der Waals surface area contributed by atoms with Crippen molar-refractivity contribution < 1.29 is 12.8 Å². The van der Waals surface area contributed by atoms with Crippen LogP contribution in [0.5, 0.6) is 0 Å². The first-order chi connectivity index (χ1) is 8.95. The number of aryl methyl sites for hydroxylation is 1. The van der Waals surface area contributed by atoms with Crippen LogP contribution in [0.1, 0.15) is 18.4 Å². The maximum atomic E-state index is 13.8. The smallest absolute Gasteiger partial charge is 0.246 e. The molecule has 0 radical (unpaired) electrons. The van der Waals surface area contributed by atoms with Crippen molar-refractivity contribution in [3.63, 3.8) is 0 Å². The SMILES string of the molecule is CNC1CCCN(S(=O)(=O)c2cc(C)ccc2F)C1. The van der Waals surface area contributed by atoms with E-state index in [4.69, 9.17) is 0 Å². The van der Waals surface area contributed by atoms with E-state index in [1.165, 1.54) is 16.4 Å². The van der Waals surface area contributed by atoms with Gasteiger partial charge in [0.25, 0.3) is 0 Å². The van der Waals surface area contributed by atoms with Gasteiger partial charge in [-0.1, -0.05) is 6.07 Å². The molecule has 1 aliphatic heterocycles. The van der Waals surface area contributed by atoms with Gasteiger partial charge in [-0.15, -0.1) is 0 Å². The maximum Gasteiger partial charge on any atom is 0.246 e. The molecule has 0 spiro atoms. The molecular formula is C13H19FN2O2S. The Balaban J connectivity index is 2.34. The van der Waals surface area contributed by atoms with E-state index in [1.54, 1.807) is 13.0 Å². The average molecular weight is 286 g/mol. The number of nitrogens with zero attached hydrogens (tertiary/aromatic N) is 1. The Labute approximate surface area is 113 Å².